The first-order valence-electron chi connectivity index (χ1n) is 9.76. The summed E-state index contributed by atoms with van der Waals surface area (Å²) in [5.41, 5.74) is 0.975. The van der Waals surface area contributed by atoms with Crippen LogP contribution in [0.15, 0.2) is 42.7 Å². The highest BCUT2D eigenvalue weighted by molar-refractivity contribution is 5.77. The molecule has 1 amide bonds. The van der Waals surface area contributed by atoms with Crippen LogP contribution in [0, 0.1) is 11.7 Å². The second-order valence-electron chi connectivity index (χ2n) is 7.63. The predicted molar refractivity (Wildman–Crippen MR) is 103 cm³/mol. The summed E-state index contributed by atoms with van der Waals surface area (Å²) in [6.45, 7) is 8.41. The molecule has 1 aromatic carbocycles. The fourth-order valence-corrected chi connectivity index (χ4v) is 3.69. The zero-order chi connectivity index (χ0) is 19.2. The van der Waals surface area contributed by atoms with Gasteiger partial charge in [-0.05, 0) is 42.6 Å². The first-order valence-corrected chi connectivity index (χ1v) is 9.76. The Labute approximate surface area is 160 Å². The maximum absolute atomic E-state index is 13.2. The normalized spacial score (nSPS) is 18.9. The van der Waals surface area contributed by atoms with Crippen LogP contribution in [0.5, 0.6) is 0 Å². The zero-order valence-corrected chi connectivity index (χ0v) is 16.2. The molecule has 6 heteroatoms. The smallest absolute Gasteiger partial charge is 0.224 e. The molecule has 1 aromatic heterocycles. The van der Waals surface area contributed by atoms with E-state index < -0.39 is 0 Å². The van der Waals surface area contributed by atoms with Crippen LogP contribution >= 0.6 is 0 Å². The van der Waals surface area contributed by atoms with Crippen molar-refractivity contribution in [1.82, 2.24) is 19.6 Å². The molecule has 0 N–H and O–H groups in total. The minimum Gasteiger partial charge on any atom is -0.334 e. The molecule has 5 nitrogen and oxygen atoms in total. The summed E-state index contributed by atoms with van der Waals surface area (Å²) < 4.78 is 15.1. The minimum atomic E-state index is -0.246. The lowest BCUT2D eigenvalue weighted by Crippen LogP contribution is -2.46. The Morgan fingerprint density at radius 3 is 2.67 bits per heavy atom. The van der Waals surface area contributed by atoms with Gasteiger partial charge < -0.3 is 9.80 Å². The van der Waals surface area contributed by atoms with E-state index in [0.29, 0.717) is 18.9 Å². The van der Waals surface area contributed by atoms with Crippen molar-refractivity contribution in [3.05, 3.63) is 54.1 Å². The van der Waals surface area contributed by atoms with Gasteiger partial charge in [0.1, 0.15) is 5.82 Å². The van der Waals surface area contributed by atoms with Crippen molar-refractivity contribution in [3.63, 3.8) is 0 Å². The van der Waals surface area contributed by atoms with Crippen LogP contribution < -0.4 is 0 Å². The number of hydrogen-bond donors (Lipinski definition) is 0. The van der Waals surface area contributed by atoms with E-state index in [1.54, 1.807) is 18.3 Å². The maximum Gasteiger partial charge on any atom is 0.224 e. The van der Waals surface area contributed by atoms with Gasteiger partial charge >= 0.3 is 0 Å². The molecule has 1 atom stereocenters. The lowest BCUT2D eigenvalue weighted by molar-refractivity contribution is -0.134. The topological polar surface area (TPSA) is 41.4 Å². The highest BCUT2D eigenvalue weighted by atomic mass is 19.1. The maximum atomic E-state index is 13.2. The summed E-state index contributed by atoms with van der Waals surface area (Å²) in [4.78, 5) is 17.2. The van der Waals surface area contributed by atoms with Crippen LogP contribution in [0.2, 0.25) is 0 Å². The number of benzene rings is 1. The Morgan fingerprint density at radius 2 is 2.00 bits per heavy atom. The van der Waals surface area contributed by atoms with Crippen molar-refractivity contribution in [2.75, 3.05) is 19.6 Å². The van der Waals surface area contributed by atoms with Gasteiger partial charge in [0, 0.05) is 51.0 Å². The summed E-state index contributed by atoms with van der Waals surface area (Å²) in [5, 5.41) is 4.25. The molecule has 1 aliphatic heterocycles. The Bertz CT molecular complexity index is 714. The first kappa shape index (κ1) is 19.5. The van der Waals surface area contributed by atoms with Crippen molar-refractivity contribution in [1.29, 1.82) is 0 Å². The highest BCUT2D eigenvalue weighted by Crippen LogP contribution is 2.21. The summed E-state index contributed by atoms with van der Waals surface area (Å²) in [6.07, 6.45) is 5.32. The van der Waals surface area contributed by atoms with Crippen LogP contribution in [0.4, 0.5) is 4.39 Å². The van der Waals surface area contributed by atoms with Gasteiger partial charge in [-0.3, -0.25) is 9.48 Å². The van der Waals surface area contributed by atoms with Gasteiger partial charge in [0.15, 0.2) is 0 Å². The second kappa shape index (κ2) is 9.13. The van der Waals surface area contributed by atoms with Crippen LogP contribution in [0.25, 0.3) is 0 Å². The molecular weight excluding hydrogens is 343 g/mol. The van der Waals surface area contributed by atoms with E-state index in [4.69, 9.17) is 0 Å². The number of carbonyl (C=O) groups is 1. The SMILES string of the molecule is CC(C)C1CN(CCCn2cccn2)CCC(=O)N1Cc1ccc(F)cc1. The molecule has 1 saturated heterocycles. The van der Waals surface area contributed by atoms with E-state index >= 15 is 0 Å². The minimum absolute atomic E-state index is 0.162. The van der Waals surface area contributed by atoms with E-state index in [0.717, 1.165) is 38.2 Å². The Kier molecular flexibility index (Phi) is 6.61. The van der Waals surface area contributed by atoms with Gasteiger partial charge in [-0.15, -0.1) is 0 Å². The Hall–Kier alpha value is -2.21. The molecule has 1 unspecified atom stereocenters. The molecule has 27 heavy (non-hydrogen) atoms. The van der Waals surface area contributed by atoms with Crippen molar-refractivity contribution in [3.8, 4) is 0 Å². The van der Waals surface area contributed by atoms with E-state index in [-0.39, 0.29) is 17.8 Å². The average Bonchev–Trinajstić information content (AvgIpc) is 3.11. The number of aryl methyl sites for hydroxylation is 1. The first-order chi connectivity index (χ1) is 13.0. The molecule has 0 aliphatic carbocycles. The van der Waals surface area contributed by atoms with Gasteiger partial charge in [-0.1, -0.05) is 26.0 Å². The molecule has 1 aliphatic rings. The van der Waals surface area contributed by atoms with E-state index in [9.17, 15) is 9.18 Å². The van der Waals surface area contributed by atoms with Crippen molar-refractivity contribution in [2.45, 2.75) is 45.8 Å². The molecular formula is C21H29FN4O. The van der Waals surface area contributed by atoms with Crippen molar-refractivity contribution in [2.24, 2.45) is 5.92 Å². The van der Waals surface area contributed by atoms with E-state index in [1.165, 1.54) is 12.1 Å². The molecule has 3 rings (SSSR count). The molecule has 146 valence electrons. The van der Waals surface area contributed by atoms with Crippen molar-refractivity contribution < 1.29 is 9.18 Å². The summed E-state index contributed by atoms with van der Waals surface area (Å²) >= 11 is 0. The lowest BCUT2D eigenvalue weighted by Gasteiger charge is -2.35. The van der Waals surface area contributed by atoms with E-state index in [2.05, 4.69) is 23.8 Å². The second-order valence-corrected chi connectivity index (χ2v) is 7.63. The van der Waals surface area contributed by atoms with Gasteiger partial charge in [0.05, 0.1) is 0 Å². The number of aromatic nitrogens is 2. The number of halogens is 1. The molecule has 2 heterocycles. The van der Waals surface area contributed by atoms with Crippen LogP contribution in [0.1, 0.15) is 32.3 Å². The fourth-order valence-electron chi connectivity index (χ4n) is 3.69. The van der Waals surface area contributed by atoms with Crippen LogP contribution in [-0.2, 0) is 17.9 Å². The zero-order valence-electron chi connectivity index (χ0n) is 16.2. The molecule has 0 saturated carbocycles. The summed E-state index contributed by atoms with van der Waals surface area (Å²) in [7, 11) is 0. The number of carbonyl (C=O) groups excluding carboxylic acids is 1. The van der Waals surface area contributed by atoms with Gasteiger partial charge in [0.25, 0.3) is 0 Å². The Balaban J connectivity index is 1.63. The third-order valence-electron chi connectivity index (χ3n) is 5.26. The van der Waals surface area contributed by atoms with Crippen molar-refractivity contribution >= 4 is 5.91 Å². The fraction of sp³-hybridized carbons (Fsp3) is 0.524. The average molecular weight is 372 g/mol. The third-order valence-corrected chi connectivity index (χ3v) is 5.26. The highest BCUT2D eigenvalue weighted by Gasteiger charge is 2.31. The van der Waals surface area contributed by atoms with Crippen LogP contribution in [0.3, 0.4) is 0 Å². The number of amides is 1. The van der Waals surface area contributed by atoms with Gasteiger partial charge in [-0.2, -0.15) is 5.10 Å². The predicted octanol–water partition coefficient (Wildman–Crippen LogP) is 3.17. The largest absolute Gasteiger partial charge is 0.334 e. The standard InChI is InChI=1S/C21H29FN4O/c1-17(2)20-16-24(11-4-13-25-12-3-10-23-25)14-9-21(27)26(20)15-18-5-7-19(22)8-6-18/h3,5-8,10,12,17,20H,4,9,11,13-16H2,1-2H3. The molecule has 1 fully saturated rings. The number of nitrogens with zero attached hydrogens (tertiary/aromatic N) is 4. The number of hydrogen-bond acceptors (Lipinski definition) is 3. The van der Waals surface area contributed by atoms with Gasteiger partial charge in [0.2, 0.25) is 5.91 Å². The molecule has 0 bridgehead atoms. The number of rotatable bonds is 7. The molecule has 0 radical (unpaired) electrons. The monoisotopic (exact) mass is 372 g/mol. The Morgan fingerprint density at radius 1 is 1.22 bits per heavy atom. The summed E-state index contributed by atoms with van der Waals surface area (Å²) in [5.74, 6) is 0.304. The lowest BCUT2D eigenvalue weighted by atomic mass is 10.0. The molecule has 2 aromatic rings. The quantitative estimate of drug-likeness (QED) is 0.750. The van der Waals surface area contributed by atoms with Gasteiger partial charge in [-0.25, -0.2) is 4.39 Å². The molecule has 0 spiro atoms. The summed E-state index contributed by atoms with van der Waals surface area (Å²) in [6, 6.07) is 8.56. The third kappa shape index (κ3) is 5.39. The van der Waals surface area contributed by atoms with E-state index in [1.807, 2.05) is 21.8 Å². The van der Waals surface area contributed by atoms with Crippen LogP contribution in [-0.4, -0.2) is 51.2 Å².